The summed E-state index contributed by atoms with van der Waals surface area (Å²) in [7, 11) is 0. The van der Waals surface area contributed by atoms with Crippen LogP contribution in [0.25, 0.3) is 0 Å². The van der Waals surface area contributed by atoms with Crippen LogP contribution in [0.2, 0.25) is 0 Å². The van der Waals surface area contributed by atoms with Crippen molar-refractivity contribution in [3.63, 3.8) is 0 Å². The monoisotopic (exact) mass is 243 g/mol. The van der Waals surface area contributed by atoms with Crippen molar-refractivity contribution in [3.05, 3.63) is 48.2 Å². The Morgan fingerprint density at radius 1 is 1.39 bits per heavy atom. The zero-order chi connectivity index (χ0) is 13.2. The van der Waals surface area contributed by atoms with Gasteiger partial charge in [0.05, 0.1) is 0 Å². The molecule has 1 aliphatic rings. The SMILES string of the molecule is C=C(C)N(CCC)CC1(C)CC1c1ccccc1. The van der Waals surface area contributed by atoms with E-state index in [9.17, 15) is 0 Å². The van der Waals surface area contributed by atoms with E-state index in [0.717, 1.165) is 19.0 Å². The summed E-state index contributed by atoms with van der Waals surface area (Å²) in [5.41, 5.74) is 3.14. The number of hydrogen-bond acceptors (Lipinski definition) is 1. The van der Waals surface area contributed by atoms with E-state index < -0.39 is 0 Å². The van der Waals surface area contributed by atoms with Crippen LogP contribution < -0.4 is 0 Å². The fraction of sp³-hybridized carbons (Fsp3) is 0.529. The van der Waals surface area contributed by atoms with E-state index in [1.54, 1.807) is 0 Å². The van der Waals surface area contributed by atoms with Crippen LogP contribution in [0.3, 0.4) is 0 Å². The first-order chi connectivity index (χ1) is 8.57. The quantitative estimate of drug-likeness (QED) is 0.714. The molecule has 1 aromatic rings. The molecular formula is C17H25N. The number of benzene rings is 1. The first-order valence-corrected chi connectivity index (χ1v) is 7.02. The van der Waals surface area contributed by atoms with Crippen LogP contribution in [0, 0.1) is 5.41 Å². The fourth-order valence-corrected chi connectivity index (χ4v) is 2.90. The van der Waals surface area contributed by atoms with Gasteiger partial charge in [-0.05, 0) is 36.7 Å². The Morgan fingerprint density at radius 3 is 2.61 bits per heavy atom. The molecule has 0 spiro atoms. The van der Waals surface area contributed by atoms with Crippen molar-refractivity contribution in [2.45, 2.75) is 39.5 Å². The molecule has 1 aromatic carbocycles. The van der Waals surface area contributed by atoms with Crippen molar-refractivity contribution in [1.29, 1.82) is 0 Å². The van der Waals surface area contributed by atoms with Crippen molar-refractivity contribution in [2.75, 3.05) is 13.1 Å². The zero-order valence-electron chi connectivity index (χ0n) is 11.9. The Hall–Kier alpha value is -1.24. The third kappa shape index (κ3) is 2.77. The minimum Gasteiger partial charge on any atom is -0.375 e. The molecule has 0 saturated heterocycles. The Kier molecular flexibility index (Phi) is 3.79. The summed E-state index contributed by atoms with van der Waals surface area (Å²) in [4.78, 5) is 2.45. The largest absolute Gasteiger partial charge is 0.375 e. The summed E-state index contributed by atoms with van der Waals surface area (Å²) in [6.07, 6.45) is 2.50. The lowest BCUT2D eigenvalue weighted by molar-refractivity contribution is 0.280. The van der Waals surface area contributed by atoms with Gasteiger partial charge in [0.15, 0.2) is 0 Å². The van der Waals surface area contributed by atoms with E-state index in [1.165, 1.54) is 24.1 Å². The predicted octanol–water partition coefficient (Wildman–Crippen LogP) is 4.43. The van der Waals surface area contributed by atoms with Crippen LogP contribution in [0.15, 0.2) is 42.6 Å². The molecular weight excluding hydrogens is 218 g/mol. The topological polar surface area (TPSA) is 3.24 Å². The number of nitrogens with zero attached hydrogens (tertiary/aromatic N) is 1. The highest BCUT2D eigenvalue weighted by Gasteiger charge is 2.51. The van der Waals surface area contributed by atoms with Gasteiger partial charge in [-0.15, -0.1) is 0 Å². The van der Waals surface area contributed by atoms with Gasteiger partial charge in [0.25, 0.3) is 0 Å². The average Bonchev–Trinajstić information content (AvgIpc) is 3.02. The van der Waals surface area contributed by atoms with E-state index >= 15 is 0 Å². The third-order valence-electron chi connectivity index (χ3n) is 4.14. The molecule has 0 aliphatic heterocycles. The first-order valence-electron chi connectivity index (χ1n) is 7.02. The van der Waals surface area contributed by atoms with Crippen LogP contribution >= 0.6 is 0 Å². The number of hydrogen-bond donors (Lipinski definition) is 0. The smallest absolute Gasteiger partial charge is 0.0234 e. The first kappa shape index (κ1) is 13.2. The van der Waals surface area contributed by atoms with Crippen LogP contribution in [0.4, 0.5) is 0 Å². The van der Waals surface area contributed by atoms with Gasteiger partial charge in [-0.25, -0.2) is 0 Å². The van der Waals surface area contributed by atoms with Crippen LogP contribution in [0.5, 0.6) is 0 Å². The van der Waals surface area contributed by atoms with Crippen molar-refractivity contribution in [2.24, 2.45) is 5.41 Å². The van der Waals surface area contributed by atoms with Gasteiger partial charge >= 0.3 is 0 Å². The maximum atomic E-state index is 4.11. The standard InChI is InChI=1S/C17H25N/c1-5-11-18(14(2)3)13-17(4)12-16(17)15-9-7-6-8-10-15/h6-10,16H,2,5,11-13H2,1,3-4H3. The molecule has 2 atom stereocenters. The molecule has 2 unspecified atom stereocenters. The second kappa shape index (κ2) is 5.17. The van der Waals surface area contributed by atoms with Gasteiger partial charge in [0.2, 0.25) is 0 Å². The third-order valence-corrected chi connectivity index (χ3v) is 4.14. The van der Waals surface area contributed by atoms with Gasteiger partial charge in [0, 0.05) is 18.8 Å². The highest BCUT2D eigenvalue weighted by atomic mass is 15.1. The van der Waals surface area contributed by atoms with Crippen molar-refractivity contribution < 1.29 is 0 Å². The molecule has 0 radical (unpaired) electrons. The van der Waals surface area contributed by atoms with E-state index in [2.05, 4.69) is 62.6 Å². The minimum absolute atomic E-state index is 0.440. The van der Waals surface area contributed by atoms with E-state index in [0.29, 0.717) is 5.41 Å². The molecule has 1 heteroatoms. The van der Waals surface area contributed by atoms with Crippen molar-refractivity contribution >= 4 is 0 Å². The van der Waals surface area contributed by atoms with Crippen LogP contribution in [0.1, 0.15) is 45.1 Å². The van der Waals surface area contributed by atoms with E-state index in [-0.39, 0.29) is 0 Å². The number of allylic oxidation sites excluding steroid dienone is 1. The highest BCUT2D eigenvalue weighted by Crippen LogP contribution is 2.59. The van der Waals surface area contributed by atoms with Gasteiger partial charge in [0.1, 0.15) is 0 Å². The molecule has 1 nitrogen and oxygen atoms in total. The second-order valence-electron chi connectivity index (χ2n) is 5.98. The normalized spacial score (nSPS) is 25.8. The van der Waals surface area contributed by atoms with Gasteiger partial charge in [-0.3, -0.25) is 0 Å². The highest BCUT2D eigenvalue weighted by molar-refractivity contribution is 5.29. The van der Waals surface area contributed by atoms with E-state index in [1.807, 2.05) is 0 Å². The molecule has 1 saturated carbocycles. The maximum Gasteiger partial charge on any atom is 0.0234 e. The summed E-state index contributed by atoms with van der Waals surface area (Å²) in [6.45, 7) is 13.2. The summed E-state index contributed by atoms with van der Waals surface area (Å²) in [6, 6.07) is 10.9. The van der Waals surface area contributed by atoms with Crippen LogP contribution in [-0.2, 0) is 0 Å². The summed E-state index contributed by atoms with van der Waals surface area (Å²) in [5.74, 6) is 0.734. The number of rotatable bonds is 6. The minimum atomic E-state index is 0.440. The van der Waals surface area contributed by atoms with Gasteiger partial charge < -0.3 is 4.90 Å². The van der Waals surface area contributed by atoms with Crippen molar-refractivity contribution in [1.82, 2.24) is 4.90 Å². The summed E-state index contributed by atoms with van der Waals surface area (Å²) < 4.78 is 0. The van der Waals surface area contributed by atoms with Gasteiger partial charge in [-0.2, -0.15) is 0 Å². The van der Waals surface area contributed by atoms with E-state index in [4.69, 9.17) is 0 Å². The lowest BCUT2D eigenvalue weighted by atomic mass is 10.00. The maximum absolute atomic E-state index is 4.11. The molecule has 1 fully saturated rings. The predicted molar refractivity (Wildman–Crippen MR) is 78.6 cm³/mol. The second-order valence-corrected chi connectivity index (χ2v) is 5.98. The Labute approximate surface area is 112 Å². The molecule has 0 bridgehead atoms. The molecule has 18 heavy (non-hydrogen) atoms. The lowest BCUT2D eigenvalue weighted by Crippen LogP contribution is -2.29. The summed E-state index contributed by atoms with van der Waals surface area (Å²) >= 11 is 0. The Balaban J connectivity index is 2.00. The average molecular weight is 243 g/mol. The molecule has 0 N–H and O–H groups in total. The molecule has 0 aromatic heterocycles. The molecule has 1 aliphatic carbocycles. The van der Waals surface area contributed by atoms with Crippen LogP contribution in [-0.4, -0.2) is 18.0 Å². The Bertz CT molecular complexity index is 409. The Morgan fingerprint density at radius 2 is 2.06 bits per heavy atom. The molecule has 2 rings (SSSR count). The molecule has 98 valence electrons. The summed E-state index contributed by atoms with van der Waals surface area (Å²) in [5, 5.41) is 0. The molecule has 0 heterocycles. The van der Waals surface area contributed by atoms with Crippen molar-refractivity contribution in [3.8, 4) is 0 Å². The van der Waals surface area contributed by atoms with Gasteiger partial charge in [-0.1, -0.05) is 50.8 Å². The molecule has 0 amide bonds. The lowest BCUT2D eigenvalue weighted by Gasteiger charge is -2.28. The fourth-order valence-electron chi connectivity index (χ4n) is 2.90. The zero-order valence-corrected chi connectivity index (χ0v) is 11.9.